The molecule has 1 aromatic rings. The van der Waals surface area contributed by atoms with Crippen LogP contribution in [0.15, 0.2) is 22.7 Å². The van der Waals surface area contributed by atoms with E-state index in [0.29, 0.717) is 0 Å². The summed E-state index contributed by atoms with van der Waals surface area (Å²) in [5.41, 5.74) is 1.06. The number of hydrogen-bond acceptors (Lipinski definition) is 2. The molecular formula is C15H20BrFN2. The number of piperazine rings is 1. The van der Waals surface area contributed by atoms with E-state index in [0.717, 1.165) is 48.7 Å². The fraction of sp³-hybridized carbons (Fsp3) is 0.600. The van der Waals surface area contributed by atoms with Gasteiger partial charge in [-0.3, -0.25) is 4.90 Å². The van der Waals surface area contributed by atoms with E-state index >= 15 is 0 Å². The zero-order valence-electron chi connectivity index (χ0n) is 11.1. The van der Waals surface area contributed by atoms with E-state index in [2.05, 4.69) is 25.7 Å². The van der Waals surface area contributed by atoms with Crippen molar-refractivity contribution in [3.05, 3.63) is 34.1 Å². The van der Waals surface area contributed by atoms with Crippen LogP contribution in [0.2, 0.25) is 0 Å². The van der Waals surface area contributed by atoms with Gasteiger partial charge in [0.25, 0.3) is 0 Å². The molecule has 1 aromatic carbocycles. The van der Waals surface area contributed by atoms with Crippen molar-refractivity contribution in [1.29, 1.82) is 0 Å². The first-order valence-corrected chi connectivity index (χ1v) is 7.88. The van der Waals surface area contributed by atoms with E-state index in [-0.39, 0.29) is 5.82 Å². The van der Waals surface area contributed by atoms with Crippen molar-refractivity contribution in [2.24, 2.45) is 5.92 Å². The predicted molar refractivity (Wildman–Crippen MR) is 78.5 cm³/mol. The minimum absolute atomic E-state index is 0.156. The number of rotatable bonds is 4. The van der Waals surface area contributed by atoms with Crippen LogP contribution in [-0.2, 0) is 6.54 Å². The highest BCUT2D eigenvalue weighted by atomic mass is 79.9. The maximum atomic E-state index is 13.3. The molecule has 0 spiro atoms. The summed E-state index contributed by atoms with van der Waals surface area (Å²) in [5.74, 6) is 0.822. The summed E-state index contributed by atoms with van der Waals surface area (Å²) >= 11 is 3.35. The summed E-state index contributed by atoms with van der Waals surface area (Å²) in [7, 11) is 0. The number of hydrogen-bond donors (Lipinski definition) is 0. The third-order valence-electron chi connectivity index (χ3n) is 4.01. The molecule has 3 rings (SSSR count). The Labute approximate surface area is 122 Å². The molecule has 2 nitrogen and oxygen atoms in total. The molecule has 1 aliphatic heterocycles. The second kappa shape index (κ2) is 5.90. The van der Waals surface area contributed by atoms with Crippen molar-refractivity contribution in [3.63, 3.8) is 0 Å². The molecule has 4 heteroatoms. The number of nitrogens with zero attached hydrogens (tertiary/aromatic N) is 2. The van der Waals surface area contributed by atoms with Crippen LogP contribution in [-0.4, -0.2) is 42.5 Å². The Bertz CT molecular complexity index is 420. The fourth-order valence-electron chi connectivity index (χ4n) is 2.76. The number of benzene rings is 1. The van der Waals surface area contributed by atoms with Crippen LogP contribution in [0.3, 0.4) is 0 Å². The Balaban J connectivity index is 1.50. The summed E-state index contributed by atoms with van der Waals surface area (Å²) in [6.45, 7) is 6.66. The molecule has 1 saturated heterocycles. The van der Waals surface area contributed by atoms with Crippen molar-refractivity contribution in [3.8, 4) is 0 Å². The van der Waals surface area contributed by atoms with Crippen LogP contribution in [0.5, 0.6) is 0 Å². The molecule has 19 heavy (non-hydrogen) atoms. The summed E-state index contributed by atoms with van der Waals surface area (Å²) in [6.07, 6.45) is 2.86. The van der Waals surface area contributed by atoms with E-state index in [9.17, 15) is 4.39 Å². The van der Waals surface area contributed by atoms with Crippen molar-refractivity contribution in [2.45, 2.75) is 19.4 Å². The van der Waals surface area contributed by atoms with Crippen molar-refractivity contribution >= 4 is 15.9 Å². The van der Waals surface area contributed by atoms with Gasteiger partial charge >= 0.3 is 0 Å². The van der Waals surface area contributed by atoms with Crippen LogP contribution in [0.25, 0.3) is 0 Å². The van der Waals surface area contributed by atoms with Gasteiger partial charge in [0.2, 0.25) is 0 Å². The molecule has 1 heterocycles. The molecule has 1 saturated carbocycles. The van der Waals surface area contributed by atoms with E-state index in [4.69, 9.17) is 0 Å². The Morgan fingerprint density at radius 3 is 2.37 bits per heavy atom. The highest BCUT2D eigenvalue weighted by molar-refractivity contribution is 9.10. The predicted octanol–water partition coefficient (Wildman–Crippen LogP) is 3.12. The lowest BCUT2D eigenvalue weighted by Gasteiger charge is -2.34. The second-order valence-corrected chi connectivity index (χ2v) is 6.71. The van der Waals surface area contributed by atoms with Gasteiger partial charge in [0.15, 0.2) is 0 Å². The minimum Gasteiger partial charge on any atom is -0.301 e. The van der Waals surface area contributed by atoms with Gasteiger partial charge in [-0.1, -0.05) is 15.9 Å². The smallest absolute Gasteiger partial charge is 0.124 e. The van der Waals surface area contributed by atoms with Gasteiger partial charge in [0, 0.05) is 43.7 Å². The normalized spacial score (nSPS) is 21.8. The maximum absolute atomic E-state index is 13.3. The molecule has 0 bridgehead atoms. The molecule has 104 valence electrons. The summed E-state index contributed by atoms with van der Waals surface area (Å²) in [4.78, 5) is 5.00. The highest BCUT2D eigenvalue weighted by Gasteiger charge is 2.26. The van der Waals surface area contributed by atoms with Gasteiger partial charge in [0.05, 0.1) is 0 Å². The number of halogens is 2. The van der Waals surface area contributed by atoms with Gasteiger partial charge in [-0.15, -0.1) is 0 Å². The van der Waals surface area contributed by atoms with Crippen LogP contribution >= 0.6 is 15.9 Å². The summed E-state index contributed by atoms with van der Waals surface area (Å²) < 4.78 is 14.2. The highest BCUT2D eigenvalue weighted by Crippen LogP contribution is 2.30. The van der Waals surface area contributed by atoms with Gasteiger partial charge in [-0.05, 0) is 42.5 Å². The van der Waals surface area contributed by atoms with Gasteiger partial charge in [-0.25, -0.2) is 4.39 Å². The standard InChI is InChI=1S/C15H20BrFN2/c16-14-7-13(8-15(17)9-14)11-19-5-3-18(4-6-19)10-12-1-2-12/h7-9,12H,1-6,10-11H2. The average Bonchev–Trinajstić information content (AvgIpc) is 3.14. The Morgan fingerprint density at radius 1 is 1.05 bits per heavy atom. The molecule has 2 aliphatic rings. The molecule has 0 aromatic heterocycles. The third-order valence-corrected chi connectivity index (χ3v) is 4.46. The molecule has 1 aliphatic carbocycles. The van der Waals surface area contributed by atoms with E-state index in [1.807, 2.05) is 6.07 Å². The Kier molecular flexibility index (Phi) is 4.20. The second-order valence-electron chi connectivity index (χ2n) is 5.80. The van der Waals surface area contributed by atoms with E-state index in [1.165, 1.54) is 25.5 Å². The monoisotopic (exact) mass is 326 g/mol. The minimum atomic E-state index is -0.156. The van der Waals surface area contributed by atoms with Gasteiger partial charge in [-0.2, -0.15) is 0 Å². The zero-order chi connectivity index (χ0) is 13.2. The van der Waals surface area contributed by atoms with Crippen molar-refractivity contribution in [2.75, 3.05) is 32.7 Å². The SMILES string of the molecule is Fc1cc(Br)cc(CN2CCN(CC3CC3)CC2)c1. The summed E-state index contributed by atoms with van der Waals surface area (Å²) in [5, 5.41) is 0. The molecule has 2 fully saturated rings. The van der Waals surface area contributed by atoms with Gasteiger partial charge < -0.3 is 4.90 Å². The third kappa shape index (κ3) is 4.01. The average molecular weight is 327 g/mol. The molecule has 0 atom stereocenters. The first kappa shape index (κ1) is 13.5. The van der Waals surface area contributed by atoms with E-state index in [1.54, 1.807) is 6.07 Å². The Morgan fingerprint density at radius 2 is 1.74 bits per heavy atom. The molecule has 0 radical (unpaired) electrons. The van der Waals surface area contributed by atoms with E-state index < -0.39 is 0 Å². The zero-order valence-corrected chi connectivity index (χ0v) is 12.7. The molecule has 0 N–H and O–H groups in total. The lowest BCUT2D eigenvalue weighted by atomic mass is 10.2. The fourth-order valence-corrected chi connectivity index (χ4v) is 3.27. The quantitative estimate of drug-likeness (QED) is 0.838. The molecule has 0 amide bonds. The molecule has 0 unspecified atom stereocenters. The van der Waals surface area contributed by atoms with Crippen molar-refractivity contribution in [1.82, 2.24) is 9.80 Å². The van der Waals surface area contributed by atoms with Crippen LogP contribution in [0.1, 0.15) is 18.4 Å². The molecular weight excluding hydrogens is 307 g/mol. The summed E-state index contributed by atoms with van der Waals surface area (Å²) in [6, 6.07) is 5.16. The first-order chi connectivity index (χ1) is 9.19. The largest absolute Gasteiger partial charge is 0.301 e. The first-order valence-electron chi connectivity index (χ1n) is 7.09. The lowest BCUT2D eigenvalue weighted by Crippen LogP contribution is -2.46. The Hall–Kier alpha value is -0.450. The topological polar surface area (TPSA) is 6.48 Å². The van der Waals surface area contributed by atoms with Crippen LogP contribution in [0.4, 0.5) is 4.39 Å². The maximum Gasteiger partial charge on any atom is 0.124 e. The van der Waals surface area contributed by atoms with Crippen LogP contribution < -0.4 is 0 Å². The van der Waals surface area contributed by atoms with Crippen molar-refractivity contribution < 1.29 is 4.39 Å². The van der Waals surface area contributed by atoms with Crippen LogP contribution in [0, 0.1) is 11.7 Å². The lowest BCUT2D eigenvalue weighted by molar-refractivity contribution is 0.123. The van der Waals surface area contributed by atoms with Gasteiger partial charge in [0.1, 0.15) is 5.82 Å².